The Morgan fingerprint density at radius 3 is 2.74 bits per heavy atom. The molecule has 0 aliphatic carbocycles. The van der Waals surface area contributed by atoms with Crippen molar-refractivity contribution in [2.24, 2.45) is 0 Å². The second-order valence-corrected chi connectivity index (χ2v) is 10.5. The number of aliphatic hydroxyl groups is 1. The van der Waals surface area contributed by atoms with Crippen LogP contribution in [0, 0.1) is 6.92 Å². The molecule has 2 aliphatic heterocycles. The number of ether oxygens (including phenoxy) is 2. The van der Waals surface area contributed by atoms with Crippen molar-refractivity contribution in [3.8, 4) is 17.2 Å². The van der Waals surface area contributed by atoms with E-state index in [9.17, 15) is 9.90 Å². The molecule has 0 radical (unpaired) electrons. The number of fused-ring (bicyclic) bond motifs is 1. The number of carbonyl (C=O) groups excluding carboxylic acids is 1. The summed E-state index contributed by atoms with van der Waals surface area (Å²) < 4.78 is 14.3. The molecule has 1 aromatic heterocycles. The summed E-state index contributed by atoms with van der Waals surface area (Å²) in [7, 11) is 0. The molecule has 1 unspecified atom stereocenters. The average Bonchev–Trinajstić information content (AvgIpc) is 3.41. The van der Waals surface area contributed by atoms with Crippen LogP contribution in [0.15, 0.2) is 45.5 Å². The van der Waals surface area contributed by atoms with Crippen LogP contribution in [-0.4, -0.2) is 50.8 Å². The van der Waals surface area contributed by atoms with Gasteiger partial charge >= 0.3 is 0 Å². The van der Waals surface area contributed by atoms with Crippen LogP contribution in [0.4, 0.5) is 0 Å². The third-order valence-corrected chi connectivity index (χ3v) is 7.66. The van der Waals surface area contributed by atoms with Crippen molar-refractivity contribution in [2.45, 2.75) is 38.2 Å². The van der Waals surface area contributed by atoms with Crippen molar-refractivity contribution in [3.05, 3.63) is 62.3 Å². The first-order valence-electron chi connectivity index (χ1n) is 11.1. The maximum absolute atomic E-state index is 13.1. The number of hydrogen-bond acceptors (Lipinski definition) is 6. The molecule has 3 heterocycles. The molecule has 1 amide bonds. The quantitative estimate of drug-likeness (QED) is 0.487. The van der Waals surface area contributed by atoms with Gasteiger partial charge in [0.05, 0.1) is 18.3 Å². The van der Waals surface area contributed by atoms with E-state index in [4.69, 9.17) is 9.47 Å². The highest BCUT2D eigenvalue weighted by atomic mass is 79.9. The van der Waals surface area contributed by atoms with E-state index in [1.54, 1.807) is 10.9 Å². The zero-order chi connectivity index (χ0) is 23.9. The van der Waals surface area contributed by atoms with Gasteiger partial charge in [0.15, 0.2) is 11.5 Å². The number of rotatable bonds is 4. The average molecular weight is 592 g/mol. The van der Waals surface area contributed by atoms with Crippen LogP contribution < -0.4 is 9.47 Å². The first-order chi connectivity index (χ1) is 16.3. The first-order valence-corrected chi connectivity index (χ1v) is 12.7. The Morgan fingerprint density at radius 1 is 1.15 bits per heavy atom. The van der Waals surface area contributed by atoms with Crippen LogP contribution in [-0.2, 0) is 16.8 Å². The van der Waals surface area contributed by atoms with E-state index >= 15 is 0 Å². The van der Waals surface area contributed by atoms with Crippen molar-refractivity contribution in [2.75, 3.05) is 19.9 Å². The monoisotopic (exact) mass is 590 g/mol. The molecule has 34 heavy (non-hydrogen) atoms. The van der Waals surface area contributed by atoms with E-state index in [1.807, 2.05) is 42.2 Å². The zero-order valence-electron chi connectivity index (χ0n) is 18.6. The van der Waals surface area contributed by atoms with Crippen molar-refractivity contribution in [3.63, 3.8) is 0 Å². The first kappa shape index (κ1) is 23.3. The van der Waals surface area contributed by atoms with Gasteiger partial charge in [0.1, 0.15) is 11.3 Å². The molecule has 1 saturated heterocycles. The van der Waals surface area contributed by atoms with Crippen LogP contribution in [0.3, 0.4) is 0 Å². The molecular formula is C24H24Br2N4O4. The van der Waals surface area contributed by atoms with Gasteiger partial charge < -0.3 is 19.5 Å². The summed E-state index contributed by atoms with van der Waals surface area (Å²) in [5.74, 6) is 1.34. The third-order valence-electron chi connectivity index (χ3n) is 6.43. The van der Waals surface area contributed by atoms with E-state index < -0.39 is 5.60 Å². The lowest BCUT2D eigenvalue weighted by Crippen LogP contribution is -2.34. The number of likely N-dealkylation sites (tertiary alicyclic amines) is 1. The second-order valence-electron chi connectivity index (χ2n) is 8.72. The minimum absolute atomic E-state index is 0.0120. The fourth-order valence-corrected chi connectivity index (χ4v) is 5.40. The topological polar surface area (TPSA) is 89.7 Å². The maximum Gasteiger partial charge on any atom is 0.231 e. The Labute approximate surface area is 214 Å². The molecule has 1 fully saturated rings. The molecular weight excluding hydrogens is 568 g/mol. The smallest absolute Gasteiger partial charge is 0.231 e. The van der Waals surface area contributed by atoms with Crippen LogP contribution >= 0.6 is 31.9 Å². The van der Waals surface area contributed by atoms with E-state index in [0.29, 0.717) is 49.5 Å². The Hall–Kier alpha value is -2.43. The van der Waals surface area contributed by atoms with Gasteiger partial charge in [-0.05, 0) is 67.6 Å². The van der Waals surface area contributed by atoms with Crippen molar-refractivity contribution in [1.29, 1.82) is 0 Å². The molecule has 178 valence electrons. The SMILES string of the molecule is Cc1cc(Br)ccc1-n1cc(C2(O)CCCN(C(=O)Cc3cc4c(cc3Br)OCO4)CC2)nn1. The van der Waals surface area contributed by atoms with Gasteiger partial charge in [0, 0.05) is 22.0 Å². The Bertz CT molecular complexity index is 1250. The van der Waals surface area contributed by atoms with Crippen LogP contribution in [0.25, 0.3) is 5.69 Å². The van der Waals surface area contributed by atoms with E-state index in [-0.39, 0.29) is 19.1 Å². The van der Waals surface area contributed by atoms with Gasteiger partial charge in [0.25, 0.3) is 0 Å². The number of carbonyl (C=O) groups is 1. The Kier molecular flexibility index (Phi) is 6.39. The summed E-state index contributed by atoms with van der Waals surface area (Å²) in [5.41, 5.74) is 2.20. The predicted octanol–water partition coefficient (Wildman–Crippen LogP) is 4.27. The number of hydrogen-bond donors (Lipinski definition) is 1. The van der Waals surface area contributed by atoms with Crippen molar-refractivity contribution < 1.29 is 19.4 Å². The molecule has 1 atom stereocenters. The van der Waals surface area contributed by atoms with Gasteiger partial charge in [-0.25, -0.2) is 4.68 Å². The number of nitrogens with zero attached hydrogens (tertiary/aromatic N) is 4. The zero-order valence-corrected chi connectivity index (χ0v) is 21.8. The summed E-state index contributed by atoms with van der Waals surface area (Å²) in [5, 5.41) is 20.0. The molecule has 2 aromatic carbocycles. The minimum Gasteiger partial charge on any atom is -0.454 e. The molecule has 10 heteroatoms. The van der Waals surface area contributed by atoms with Gasteiger partial charge in [0.2, 0.25) is 12.7 Å². The summed E-state index contributed by atoms with van der Waals surface area (Å²) >= 11 is 7.01. The van der Waals surface area contributed by atoms with Crippen LogP contribution in [0.1, 0.15) is 36.1 Å². The highest BCUT2D eigenvalue weighted by Crippen LogP contribution is 2.37. The number of aromatic nitrogens is 3. The second kappa shape index (κ2) is 9.31. The lowest BCUT2D eigenvalue weighted by atomic mass is 9.92. The molecule has 5 rings (SSSR count). The predicted molar refractivity (Wildman–Crippen MR) is 132 cm³/mol. The summed E-state index contributed by atoms with van der Waals surface area (Å²) in [6.07, 6.45) is 3.63. The standard InChI is InChI=1S/C24H24Br2N4O4/c1-15-9-17(25)3-4-19(15)30-13-22(27-28-30)24(32)5-2-7-29(8-6-24)23(31)11-16-10-20-21(12-18(16)26)34-14-33-20/h3-4,9-10,12-13,32H,2,5-8,11,14H2,1H3. The Morgan fingerprint density at radius 2 is 1.94 bits per heavy atom. The van der Waals surface area contributed by atoms with E-state index in [0.717, 1.165) is 25.8 Å². The highest BCUT2D eigenvalue weighted by Gasteiger charge is 2.36. The summed E-state index contributed by atoms with van der Waals surface area (Å²) in [4.78, 5) is 14.9. The highest BCUT2D eigenvalue weighted by molar-refractivity contribution is 9.10. The molecule has 3 aromatic rings. The number of halogens is 2. The maximum atomic E-state index is 13.1. The summed E-state index contributed by atoms with van der Waals surface area (Å²) in [6, 6.07) is 9.61. The van der Waals surface area contributed by atoms with Crippen LogP contribution in [0.5, 0.6) is 11.5 Å². The van der Waals surface area contributed by atoms with E-state index in [2.05, 4.69) is 42.2 Å². The molecule has 2 aliphatic rings. The van der Waals surface area contributed by atoms with Gasteiger partial charge in [-0.1, -0.05) is 37.1 Å². The molecule has 8 nitrogen and oxygen atoms in total. The molecule has 0 saturated carbocycles. The van der Waals surface area contributed by atoms with Crippen molar-refractivity contribution in [1.82, 2.24) is 19.9 Å². The largest absolute Gasteiger partial charge is 0.454 e. The lowest BCUT2D eigenvalue weighted by Gasteiger charge is -2.24. The number of aryl methyl sites for hydroxylation is 1. The normalized spacial score (nSPS) is 19.8. The lowest BCUT2D eigenvalue weighted by molar-refractivity contribution is -0.130. The third kappa shape index (κ3) is 4.58. The molecule has 0 spiro atoms. The van der Waals surface area contributed by atoms with Gasteiger partial charge in [-0.3, -0.25) is 4.79 Å². The van der Waals surface area contributed by atoms with Gasteiger partial charge in [-0.15, -0.1) is 5.10 Å². The summed E-state index contributed by atoms with van der Waals surface area (Å²) in [6.45, 7) is 3.23. The fraction of sp³-hybridized carbons (Fsp3) is 0.375. The number of benzene rings is 2. The van der Waals surface area contributed by atoms with Crippen molar-refractivity contribution >= 4 is 37.8 Å². The van der Waals surface area contributed by atoms with Crippen LogP contribution in [0.2, 0.25) is 0 Å². The van der Waals surface area contributed by atoms with E-state index in [1.165, 1.54) is 0 Å². The molecule has 1 N–H and O–H groups in total. The molecule has 0 bridgehead atoms. The number of amides is 1. The fourth-order valence-electron chi connectivity index (χ4n) is 4.46. The Balaban J connectivity index is 1.28. The minimum atomic E-state index is -1.13. The van der Waals surface area contributed by atoms with Gasteiger partial charge in [-0.2, -0.15) is 0 Å².